The van der Waals surface area contributed by atoms with Crippen LogP contribution in [0.3, 0.4) is 0 Å². The first-order valence-corrected chi connectivity index (χ1v) is 6.23. The fourth-order valence-electron chi connectivity index (χ4n) is 1.96. The third kappa shape index (κ3) is 3.28. The van der Waals surface area contributed by atoms with E-state index in [1.54, 1.807) is 6.07 Å². The molecule has 21 heavy (non-hydrogen) atoms. The summed E-state index contributed by atoms with van der Waals surface area (Å²) in [5, 5.41) is 0. The predicted octanol–water partition coefficient (Wildman–Crippen LogP) is 2.40. The molecule has 0 aromatic heterocycles. The predicted molar refractivity (Wildman–Crippen MR) is 77.4 cm³/mol. The van der Waals surface area contributed by atoms with Crippen LogP contribution in [0.25, 0.3) is 0 Å². The average molecular weight is 291 g/mol. The second kappa shape index (κ2) is 5.78. The van der Waals surface area contributed by atoms with E-state index in [1.165, 1.54) is 30.1 Å². The Balaban J connectivity index is 2.19. The van der Waals surface area contributed by atoms with Crippen molar-refractivity contribution in [2.24, 2.45) is 0 Å². The van der Waals surface area contributed by atoms with Gasteiger partial charge in [0.25, 0.3) is 5.91 Å². The highest BCUT2D eigenvalue weighted by molar-refractivity contribution is 5.99. The van der Waals surface area contributed by atoms with Crippen LogP contribution in [0, 0.1) is 11.6 Å². The number of hydrogen-bond acceptors (Lipinski definition) is 3. The Morgan fingerprint density at radius 3 is 2.48 bits per heavy atom. The van der Waals surface area contributed by atoms with E-state index in [1.807, 2.05) is 0 Å². The van der Waals surface area contributed by atoms with E-state index >= 15 is 0 Å². The molecule has 0 aliphatic rings. The molecule has 4 N–H and O–H groups in total. The Bertz CT molecular complexity index is 689. The van der Waals surface area contributed by atoms with Crippen LogP contribution in [-0.4, -0.2) is 17.9 Å². The number of benzene rings is 2. The maximum atomic E-state index is 13.6. The van der Waals surface area contributed by atoms with Gasteiger partial charge in [0, 0.05) is 36.6 Å². The highest BCUT2D eigenvalue weighted by atomic mass is 19.1. The number of amides is 1. The van der Waals surface area contributed by atoms with Crippen LogP contribution >= 0.6 is 0 Å². The van der Waals surface area contributed by atoms with Crippen molar-refractivity contribution in [3.05, 3.63) is 59.2 Å². The van der Waals surface area contributed by atoms with Gasteiger partial charge in [0.1, 0.15) is 11.6 Å². The van der Waals surface area contributed by atoms with Crippen molar-refractivity contribution in [3.63, 3.8) is 0 Å². The lowest BCUT2D eigenvalue weighted by atomic mass is 10.1. The molecule has 0 saturated heterocycles. The summed E-state index contributed by atoms with van der Waals surface area (Å²) < 4.78 is 26.4. The van der Waals surface area contributed by atoms with Crippen molar-refractivity contribution in [1.29, 1.82) is 0 Å². The molecule has 0 bridgehead atoms. The maximum absolute atomic E-state index is 13.6. The molecule has 0 atom stereocenters. The van der Waals surface area contributed by atoms with Gasteiger partial charge in [-0.3, -0.25) is 4.79 Å². The number of anilines is 2. The minimum atomic E-state index is -0.695. The lowest BCUT2D eigenvalue weighted by Gasteiger charge is -2.19. The molecule has 0 heterocycles. The number of rotatable bonds is 3. The average Bonchev–Trinajstić information content (AvgIpc) is 2.41. The number of carbonyl (C=O) groups is 1. The van der Waals surface area contributed by atoms with Crippen LogP contribution in [-0.2, 0) is 6.54 Å². The largest absolute Gasteiger partial charge is 0.399 e. The lowest BCUT2D eigenvalue weighted by Crippen LogP contribution is -2.27. The fraction of sp³-hybridized carbons (Fsp3) is 0.133. The topological polar surface area (TPSA) is 72.3 Å². The van der Waals surface area contributed by atoms with Crippen LogP contribution in [0.2, 0.25) is 0 Å². The van der Waals surface area contributed by atoms with E-state index < -0.39 is 11.6 Å². The van der Waals surface area contributed by atoms with E-state index in [0.717, 1.165) is 12.1 Å². The van der Waals surface area contributed by atoms with Crippen molar-refractivity contribution < 1.29 is 13.6 Å². The quantitative estimate of drug-likeness (QED) is 0.853. The summed E-state index contributed by atoms with van der Waals surface area (Å²) in [5.41, 5.74) is 12.5. The molecule has 110 valence electrons. The summed E-state index contributed by atoms with van der Waals surface area (Å²) >= 11 is 0. The third-order valence-corrected chi connectivity index (χ3v) is 3.08. The van der Waals surface area contributed by atoms with Crippen LogP contribution in [0.1, 0.15) is 15.9 Å². The molecular formula is C15H15F2N3O. The SMILES string of the molecule is CN(Cc1ccc(F)cc1F)C(=O)c1ccc(N)cc1N. The zero-order chi connectivity index (χ0) is 15.6. The minimum absolute atomic E-state index is 0.00869. The summed E-state index contributed by atoms with van der Waals surface area (Å²) in [4.78, 5) is 13.6. The van der Waals surface area contributed by atoms with Gasteiger partial charge in [0.15, 0.2) is 0 Å². The zero-order valence-electron chi connectivity index (χ0n) is 11.4. The summed E-state index contributed by atoms with van der Waals surface area (Å²) in [7, 11) is 1.51. The Morgan fingerprint density at radius 2 is 1.86 bits per heavy atom. The second-order valence-corrected chi connectivity index (χ2v) is 4.74. The first-order chi connectivity index (χ1) is 9.88. The van der Waals surface area contributed by atoms with E-state index in [0.29, 0.717) is 5.69 Å². The molecule has 2 aromatic rings. The van der Waals surface area contributed by atoms with Crippen molar-refractivity contribution in [2.75, 3.05) is 18.5 Å². The lowest BCUT2D eigenvalue weighted by molar-refractivity contribution is 0.0785. The monoisotopic (exact) mass is 291 g/mol. The molecule has 6 heteroatoms. The molecule has 0 aliphatic heterocycles. The second-order valence-electron chi connectivity index (χ2n) is 4.74. The smallest absolute Gasteiger partial charge is 0.255 e. The van der Waals surface area contributed by atoms with Gasteiger partial charge in [0.05, 0.1) is 5.56 Å². The van der Waals surface area contributed by atoms with Crippen LogP contribution in [0.15, 0.2) is 36.4 Å². The maximum Gasteiger partial charge on any atom is 0.255 e. The van der Waals surface area contributed by atoms with E-state index in [4.69, 9.17) is 11.5 Å². The van der Waals surface area contributed by atoms with Crippen molar-refractivity contribution in [2.45, 2.75) is 6.54 Å². The van der Waals surface area contributed by atoms with Gasteiger partial charge in [-0.05, 0) is 24.3 Å². The van der Waals surface area contributed by atoms with E-state index in [9.17, 15) is 13.6 Å². The molecule has 4 nitrogen and oxygen atoms in total. The van der Waals surface area contributed by atoms with Crippen molar-refractivity contribution in [1.82, 2.24) is 4.90 Å². The van der Waals surface area contributed by atoms with E-state index in [2.05, 4.69) is 0 Å². The normalized spacial score (nSPS) is 10.4. The van der Waals surface area contributed by atoms with Gasteiger partial charge >= 0.3 is 0 Å². The molecule has 0 radical (unpaired) electrons. The van der Waals surface area contributed by atoms with Gasteiger partial charge in [-0.15, -0.1) is 0 Å². The Hall–Kier alpha value is -2.63. The molecule has 0 saturated carbocycles. The summed E-state index contributed by atoms with van der Waals surface area (Å²) in [6.45, 7) is 0.00869. The number of nitrogen functional groups attached to an aromatic ring is 2. The first-order valence-electron chi connectivity index (χ1n) is 6.23. The first kappa shape index (κ1) is 14.8. The number of nitrogens with zero attached hydrogens (tertiary/aromatic N) is 1. The van der Waals surface area contributed by atoms with Gasteiger partial charge in [-0.25, -0.2) is 8.78 Å². The summed E-state index contributed by atoms with van der Waals surface area (Å²) in [5.74, 6) is -1.72. The standard InChI is InChI=1S/C15H15F2N3O/c1-20(8-9-2-3-10(16)6-13(9)17)15(21)12-5-4-11(18)7-14(12)19/h2-7H,8,18-19H2,1H3. The highest BCUT2D eigenvalue weighted by Crippen LogP contribution is 2.19. The third-order valence-electron chi connectivity index (χ3n) is 3.08. The molecule has 2 aromatic carbocycles. The minimum Gasteiger partial charge on any atom is -0.399 e. The van der Waals surface area contributed by atoms with Gasteiger partial charge in [-0.1, -0.05) is 6.07 Å². The van der Waals surface area contributed by atoms with Crippen LogP contribution < -0.4 is 11.5 Å². The molecule has 0 unspecified atom stereocenters. The van der Waals surface area contributed by atoms with Crippen molar-refractivity contribution in [3.8, 4) is 0 Å². The summed E-state index contributed by atoms with van der Waals surface area (Å²) in [6, 6.07) is 7.81. The number of hydrogen-bond donors (Lipinski definition) is 2. The zero-order valence-corrected chi connectivity index (χ0v) is 11.4. The molecular weight excluding hydrogens is 276 g/mol. The molecule has 1 amide bonds. The summed E-state index contributed by atoms with van der Waals surface area (Å²) in [6.07, 6.45) is 0. The molecule has 0 aliphatic carbocycles. The highest BCUT2D eigenvalue weighted by Gasteiger charge is 2.16. The fourth-order valence-corrected chi connectivity index (χ4v) is 1.96. The van der Waals surface area contributed by atoms with Gasteiger partial charge in [-0.2, -0.15) is 0 Å². The molecule has 0 fully saturated rings. The number of nitrogens with two attached hydrogens (primary N) is 2. The molecule has 2 rings (SSSR count). The Kier molecular flexibility index (Phi) is 4.07. The van der Waals surface area contributed by atoms with Crippen LogP contribution in [0.5, 0.6) is 0 Å². The Labute approximate surface area is 121 Å². The van der Waals surface area contributed by atoms with E-state index in [-0.39, 0.29) is 29.3 Å². The Morgan fingerprint density at radius 1 is 1.14 bits per heavy atom. The molecule has 0 spiro atoms. The van der Waals surface area contributed by atoms with Crippen molar-refractivity contribution >= 4 is 17.3 Å². The van der Waals surface area contributed by atoms with Gasteiger partial charge in [0.2, 0.25) is 0 Å². The number of halogens is 2. The number of carbonyl (C=O) groups excluding carboxylic acids is 1. The van der Waals surface area contributed by atoms with Crippen LogP contribution in [0.4, 0.5) is 20.2 Å². The van der Waals surface area contributed by atoms with Gasteiger partial charge < -0.3 is 16.4 Å².